The first-order valence-electron chi connectivity index (χ1n) is 10.9. The molecule has 1 aliphatic rings. The lowest BCUT2D eigenvalue weighted by atomic mass is 9.98. The number of aryl methyl sites for hydroxylation is 1. The topological polar surface area (TPSA) is 87.2 Å². The average Bonchev–Trinajstić information content (AvgIpc) is 2.79. The zero-order chi connectivity index (χ0) is 21.8. The van der Waals surface area contributed by atoms with Gasteiger partial charge < -0.3 is 5.32 Å². The number of nitrogens with zero attached hydrogens (tertiary/aromatic N) is 2. The van der Waals surface area contributed by atoms with Crippen LogP contribution in [0.3, 0.4) is 0 Å². The van der Waals surface area contributed by atoms with E-state index in [9.17, 15) is 14.4 Å². The van der Waals surface area contributed by atoms with E-state index < -0.39 is 11.2 Å². The molecule has 0 fully saturated rings. The van der Waals surface area contributed by atoms with Gasteiger partial charge in [0.05, 0.1) is 10.9 Å². The van der Waals surface area contributed by atoms with Crippen molar-refractivity contribution in [2.75, 3.05) is 13.1 Å². The van der Waals surface area contributed by atoms with E-state index >= 15 is 0 Å². The minimum Gasteiger partial charge on any atom is -0.354 e. The first kappa shape index (κ1) is 21.1. The van der Waals surface area contributed by atoms with Crippen molar-refractivity contribution < 1.29 is 4.79 Å². The number of rotatable bonds is 7. The molecule has 2 aromatic carbocycles. The zero-order valence-electron chi connectivity index (χ0n) is 17.8. The molecule has 0 radical (unpaired) electrons. The van der Waals surface area contributed by atoms with Crippen LogP contribution in [0, 0.1) is 0 Å². The summed E-state index contributed by atoms with van der Waals surface area (Å²) in [6.45, 7) is 4.84. The molecule has 0 spiro atoms. The highest BCUT2D eigenvalue weighted by atomic mass is 16.2. The van der Waals surface area contributed by atoms with Gasteiger partial charge >= 0.3 is 5.69 Å². The van der Waals surface area contributed by atoms with Crippen LogP contribution >= 0.6 is 0 Å². The number of carbonyl (C=O) groups is 1. The van der Waals surface area contributed by atoms with Crippen LogP contribution in [0.2, 0.25) is 0 Å². The lowest BCUT2D eigenvalue weighted by Crippen LogP contribution is -2.45. The van der Waals surface area contributed by atoms with Gasteiger partial charge in [-0.15, -0.1) is 0 Å². The van der Waals surface area contributed by atoms with Crippen LogP contribution in [0.25, 0.3) is 10.9 Å². The summed E-state index contributed by atoms with van der Waals surface area (Å²) in [4.78, 5) is 41.5. The van der Waals surface area contributed by atoms with Gasteiger partial charge in [-0.05, 0) is 36.1 Å². The van der Waals surface area contributed by atoms with Crippen LogP contribution in [-0.2, 0) is 24.3 Å². The van der Waals surface area contributed by atoms with Gasteiger partial charge in [0.1, 0.15) is 0 Å². The van der Waals surface area contributed by atoms with Gasteiger partial charge in [-0.2, -0.15) is 0 Å². The van der Waals surface area contributed by atoms with Crippen LogP contribution in [0.4, 0.5) is 0 Å². The highest BCUT2D eigenvalue weighted by molar-refractivity contribution is 5.78. The predicted octanol–water partition coefficient (Wildman–Crippen LogP) is 2.03. The number of benzene rings is 2. The van der Waals surface area contributed by atoms with Crippen LogP contribution < -0.4 is 16.6 Å². The van der Waals surface area contributed by atoms with Crippen LogP contribution in [0.15, 0.2) is 58.1 Å². The Balaban J connectivity index is 1.36. The van der Waals surface area contributed by atoms with Crippen molar-refractivity contribution in [3.05, 3.63) is 80.5 Å². The van der Waals surface area contributed by atoms with Crippen molar-refractivity contribution in [3.8, 4) is 0 Å². The molecule has 4 rings (SSSR count). The third kappa shape index (κ3) is 4.61. The molecule has 0 saturated carbocycles. The second kappa shape index (κ2) is 9.31. The van der Waals surface area contributed by atoms with Crippen LogP contribution in [0.1, 0.15) is 30.9 Å². The number of hydrogen-bond acceptors (Lipinski definition) is 4. The van der Waals surface area contributed by atoms with Crippen LogP contribution in [0.5, 0.6) is 0 Å². The summed E-state index contributed by atoms with van der Waals surface area (Å²) in [7, 11) is 0. The van der Waals surface area contributed by atoms with Gasteiger partial charge in [0.25, 0.3) is 5.56 Å². The van der Waals surface area contributed by atoms with Gasteiger partial charge in [-0.3, -0.25) is 24.0 Å². The molecule has 1 atom stereocenters. The highest BCUT2D eigenvalue weighted by Crippen LogP contribution is 2.21. The fourth-order valence-electron chi connectivity index (χ4n) is 4.36. The largest absolute Gasteiger partial charge is 0.354 e. The van der Waals surface area contributed by atoms with E-state index in [4.69, 9.17) is 0 Å². The summed E-state index contributed by atoms with van der Waals surface area (Å²) in [6.07, 6.45) is 2.16. The lowest BCUT2D eigenvalue weighted by molar-refractivity contribution is -0.121. The van der Waals surface area contributed by atoms with Crippen molar-refractivity contribution in [3.63, 3.8) is 0 Å². The van der Waals surface area contributed by atoms with Crippen molar-refractivity contribution in [2.24, 2.45) is 0 Å². The molecule has 162 valence electrons. The molecular weight excluding hydrogens is 392 g/mol. The minimum absolute atomic E-state index is 0.0990. The molecule has 1 aromatic heterocycles. The Morgan fingerprint density at radius 3 is 2.65 bits per heavy atom. The second-order valence-electron chi connectivity index (χ2n) is 8.03. The molecule has 1 amide bonds. The average molecular weight is 421 g/mol. The number of para-hydroxylation sites is 1. The molecule has 0 aliphatic carbocycles. The van der Waals surface area contributed by atoms with Gasteiger partial charge in [0.15, 0.2) is 0 Å². The summed E-state index contributed by atoms with van der Waals surface area (Å²) in [6, 6.07) is 15.7. The Morgan fingerprint density at radius 2 is 1.84 bits per heavy atom. The standard InChI is InChI=1S/C24H28N4O3/c1-2-19(27-13-11-17-7-3-4-8-18(17)16-27)15-25-22(29)12-14-28-21-10-6-5-9-20(21)23(30)26-24(28)31/h3-10,19H,2,11-16H2,1H3,(H,25,29)(H,26,30,31). The molecule has 1 aliphatic heterocycles. The Bertz CT molecular complexity index is 1200. The van der Waals surface area contributed by atoms with Crippen molar-refractivity contribution in [1.29, 1.82) is 0 Å². The number of carbonyl (C=O) groups excluding carboxylic acids is 1. The number of aromatic nitrogens is 2. The fraction of sp³-hybridized carbons (Fsp3) is 0.375. The van der Waals surface area contributed by atoms with E-state index in [0.717, 1.165) is 25.9 Å². The lowest BCUT2D eigenvalue weighted by Gasteiger charge is -2.35. The Morgan fingerprint density at radius 1 is 1.10 bits per heavy atom. The summed E-state index contributed by atoms with van der Waals surface area (Å²) in [5.41, 5.74) is 2.42. The van der Waals surface area contributed by atoms with E-state index in [2.05, 4.69) is 46.4 Å². The number of H-pyrrole nitrogens is 1. The SMILES string of the molecule is CCC(CNC(=O)CCn1c(=O)[nH]c(=O)c2ccccc21)N1CCc2ccccc2C1. The predicted molar refractivity (Wildman–Crippen MR) is 121 cm³/mol. The highest BCUT2D eigenvalue weighted by Gasteiger charge is 2.22. The van der Waals surface area contributed by atoms with E-state index in [1.165, 1.54) is 15.7 Å². The van der Waals surface area contributed by atoms with E-state index in [1.54, 1.807) is 24.3 Å². The monoisotopic (exact) mass is 420 g/mol. The molecule has 2 N–H and O–H groups in total. The second-order valence-corrected chi connectivity index (χ2v) is 8.03. The van der Waals surface area contributed by atoms with Crippen molar-refractivity contribution >= 4 is 16.8 Å². The molecule has 3 aromatic rings. The third-order valence-corrected chi connectivity index (χ3v) is 6.15. The number of fused-ring (bicyclic) bond motifs is 2. The number of amides is 1. The van der Waals surface area contributed by atoms with Crippen molar-refractivity contribution in [2.45, 2.75) is 45.3 Å². The number of nitrogens with one attached hydrogen (secondary N) is 2. The Hall–Kier alpha value is -3.19. The van der Waals surface area contributed by atoms with Crippen LogP contribution in [-0.4, -0.2) is 39.5 Å². The molecule has 0 saturated heterocycles. The summed E-state index contributed by atoms with van der Waals surface area (Å²) >= 11 is 0. The molecule has 7 nitrogen and oxygen atoms in total. The summed E-state index contributed by atoms with van der Waals surface area (Å²) in [5, 5.41) is 3.48. The van der Waals surface area contributed by atoms with Crippen molar-refractivity contribution in [1.82, 2.24) is 19.8 Å². The fourth-order valence-corrected chi connectivity index (χ4v) is 4.36. The van der Waals surface area contributed by atoms with E-state index in [0.29, 0.717) is 17.4 Å². The summed E-state index contributed by atoms with van der Waals surface area (Å²) < 4.78 is 1.45. The normalized spacial score (nSPS) is 14.9. The minimum atomic E-state index is -0.491. The van der Waals surface area contributed by atoms with Gasteiger partial charge in [-0.1, -0.05) is 43.3 Å². The molecule has 1 unspecified atom stereocenters. The molecule has 2 heterocycles. The maximum Gasteiger partial charge on any atom is 0.328 e. The maximum atomic E-state index is 12.5. The quantitative estimate of drug-likeness (QED) is 0.612. The first-order valence-corrected chi connectivity index (χ1v) is 10.9. The van der Waals surface area contributed by atoms with Gasteiger partial charge in [0.2, 0.25) is 5.91 Å². The van der Waals surface area contributed by atoms with E-state index in [1.807, 2.05) is 0 Å². The molecule has 7 heteroatoms. The summed E-state index contributed by atoms with van der Waals surface area (Å²) in [5.74, 6) is -0.0990. The molecule has 31 heavy (non-hydrogen) atoms. The zero-order valence-corrected chi connectivity index (χ0v) is 17.8. The Kier molecular flexibility index (Phi) is 6.32. The smallest absolute Gasteiger partial charge is 0.328 e. The van der Waals surface area contributed by atoms with Gasteiger partial charge in [0, 0.05) is 38.6 Å². The third-order valence-electron chi connectivity index (χ3n) is 6.15. The maximum absolute atomic E-state index is 12.5. The number of aromatic amines is 1. The first-order chi connectivity index (χ1) is 15.1. The molecule has 0 bridgehead atoms. The van der Waals surface area contributed by atoms with Gasteiger partial charge in [-0.25, -0.2) is 4.79 Å². The molecular formula is C24H28N4O3. The number of hydrogen-bond donors (Lipinski definition) is 2. The van der Waals surface area contributed by atoms with E-state index in [-0.39, 0.29) is 24.9 Å². The Labute approximate surface area is 180 Å².